The number of allylic oxidation sites excluding steroid dienone is 9. The molecular formula is C27H38F3NO2. The van der Waals surface area contributed by atoms with Gasteiger partial charge in [0.15, 0.2) is 5.78 Å². The molecule has 0 aliphatic heterocycles. The third-order valence-corrected chi connectivity index (χ3v) is 5.84. The van der Waals surface area contributed by atoms with Crippen molar-refractivity contribution in [3.63, 3.8) is 0 Å². The normalized spacial score (nSPS) is 18.4. The molecule has 184 valence electrons. The van der Waals surface area contributed by atoms with Crippen LogP contribution in [-0.4, -0.2) is 29.4 Å². The van der Waals surface area contributed by atoms with E-state index in [1.54, 1.807) is 19.1 Å². The molecule has 1 aliphatic rings. The molecule has 0 radical (unpaired) electrons. The number of nitrogens with zero attached hydrogens (tertiary/aromatic N) is 1. The van der Waals surface area contributed by atoms with E-state index in [1.165, 1.54) is 38.3 Å². The summed E-state index contributed by atoms with van der Waals surface area (Å²) in [5, 5.41) is 0. The third-order valence-electron chi connectivity index (χ3n) is 5.84. The summed E-state index contributed by atoms with van der Waals surface area (Å²) in [6.07, 6.45) is 8.73. The van der Waals surface area contributed by atoms with Crippen LogP contribution in [0.15, 0.2) is 58.7 Å². The van der Waals surface area contributed by atoms with E-state index in [9.17, 15) is 22.8 Å². The van der Waals surface area contributed by atoms with Gasteiger partial charge in [0.2, 0.25) is 0 Å². The minimum Gasteiger partial charge on any atom is -0.297 e. The van der Waals surface area contributed by atoms with Crippen molar-refractivity contribution >= 4 is 11.7 Å². The highest BCUT2D eigenvalue weighted by molar-refractivity contribution is 5.94. The van der Waals surface area contributed by atoms with Crippen LogP contribution in [0.25, 0.3) is 0 Å². The first-order valence-corrected chi connectivity index (χ1v) is 11.3. The largest absolute Gasteiger partial charge is 0.487 e. The van der Waals surface area contributed by atoms with Crippen LogP contribution in [0.4, 0.5) is 13.2 Å². The van der Waals surface area contributed by atoms with E-state index in [1.807, 2.05) is 19.1 Å². The minimum absolute atomic E-state index is 0.146. The molecule has 0 atom stereocenters. The third kappa shape index (κ3) is 9.18. The molecule has 0 bridgehead atoms. The molecule has 0 saturated carbocycles. The van der Waals surface area contributed by atoms with Crippen LogP contribution in [0.5, 0.6) is 0 Å². The fourth-order valence-electron chi connectivity index (χ4n) is 3.63. The van der Waals surface area contributed by atoms with E-state index in [0.717, 1.165) is 24.5 Å². The summed E-state index contributed by atoms with van der Waals surface area (Å²) in [6.45, 7) is 13.7. The Bertz CT molecular complexity index is 891. The predicted octanol–water partition coefficient (Wildman–Crippen LogP) is 7.48. The zero-order chi connectivity index (χ0) is 25.6. The summed E-state index contributed by atoms with van der Waals surface area (Å²) in [5.74, 6) is -1.92. The number of Topliss-reactive ketones (excluding diaryl/α,β-unsaturated/α-hetero) is 1. The van der Waals surface area contributed by atoms with E-state index in [2.05, 4.69) is 26.8 Å². The lowest BCUT2D eigenvalue weighted by molar-refractivity contribution is -0.237. The van der Waals surface area contributed by atoms with E-state index in [-0.39, 0.29) is 10.3 Å². The summed E-state index contributed by atoms with van der Waals surface area (Å²) < 4.78 is 40.0. The Morgan fingerprint density at radius 3 is 2.18 bits per heavy atom. The van der Waals surface area contributed by atoms with Crippen molar-refractivity contribution in [2.24, 2.45) is 10.8 Å². The summed E-state index contributed by atoms with van der Waals surface area (Å²) in [7, 11) is 0. The molecule has 33 heavy (non-hydrogen) atoms. The van der Waals surface area contributed by atoms with Crippen LogP contribution in [-0.2, 0) is 9.59 Å². The molecule has 1 rings (SSSR count). The standard InChI is InChI=1S/C27H38F3NO2/c1-19(14-15-22-21(3)13-10-16-26(22,7)8)11-9-12-20(2)17-24(33)31(27(28,29)30)18-23(32)25(4,5)6/h9,11-12,14-15,17H,10,13,16,18H2,1-8H3/b12-9+,15-14+,19-11-,20-17+. The van der Waals surface area contributed by atoms with Gasteiger partial charge in [-0.15, -0.1) is 13.2 Å². The molecule has 0 fully saturated rings. The zero-order valence-electron chi connectivity index (χ0n) is 21.2. The number of alkyl halides is 3. The molecule has 6 heteroatoms. The fourth-order valence-corrected chi connectivity index (χ4v) is 3.63. The highest BCUT2D eigenvalue weighted by atomic mass is 19.4. The molecule has 0 N–H and O–H groups in total. The summed E-state index contributed by atoms with van der Waals surface area (Å²) in [6, 6.07) is 0. The number of carbonyl (C=O) groups is 2. The van der Waals surface area contributed by atoms with Crippen LogP contribution < -0.4 is 0 Å². The van der Waals surface area contributed by atoms with Crippen molar-refractivity contribution in [3.05, 3.63) is 58.7 Å². The maximum absolute atomic E-state index is 13.3. The van der Waals surface area contributed by atoms with E-state index >= 15 is 0 Å². The summed E-state index contributed by atoms with van der Waals surface area (Å²) >= 11 is 0. The lowest BCUT2D eigenvalue weighted by atomic mass is 9.72. The number of hydrogen-bond acceptors (Lipinski definition) is 2. The summed E-state index contributed by atoms with van der Waals surface area (Å²) in [5.41, 5.74) is 3.27. The van der Waals surface area contributed by atoms with Crippen molar-refractivity contribution in [1.82, 2.24) is 4.90 Å². The van der Waals surface area contributed by atoms with Gasteiger partial charge in [-0.2, -0.15) is 0 Å². The molecule has 1 aliphatic carbocycles. The zero-order valence-corrected chi connectivity index (χ0v) is 21.2. The van der Waals surface area contributed by atoms with Crippen molar-refractivity contribution < 1.29 is 22.8 Å². The Hall–Kier alpha value is -2.37. The number of amides is 1. The van der Waals surface area contributed by atoms with E-state index < -0.39 is 30.0 Å². The van der Waals surface area contributed by atoms with Gasteiger partial charge in [0, 0.05) is 11.5 Å². The molecule has 0 aromatic heterocycles. The Kier molecular flexibility index (Phi) is 9.70. The Morgan fingerprint density at radius 2 is 1.67 bits per heavy atom. The minimum atomic E-state index is -4.93. The number of halogens is 3. The summed E-state index contributed by atoms with van der Waals surface area (Å²) in [4.78, 5) is 23.9. The lowest BCUT2D eigenvalue weighted by Crippen LogP contribution is -2.47. The lowest BCUT2D eigenvalue weighted by Gasteiger charge is -2.32. The van der Waals surface area contributed by atoms with Gasteiger partial charge < -0.3 is 0 Å². The molecule has 1 amide bonds. The SMILES string of the molecule is CC1=C(/C=C/C(C)=C\C=C\C(C)=C\C(=O)N(CC(=O)C(C)(C)C)C(F)(F)F)C(C)(C)CCC1. The second kappa shape index (κ2) is 11.2. The maximum atomic E-state index is 13.3. The van der Waals surface area contributed by atoms with Crippen LogP contribution in [0.1, 0.15) is 74.7 Å². The molecule has 0 spiro atoms. The molecule has 0 aromatic carbocycles. The average molecular weight is 466 g/mol. The van der Waals surface area contributed by atoms with Crippen LogP contribution >= 0.6 is 0 Å². The molecular weight excluding hydrogens is 427 g/mol. The van der Waals surface area contributed by atoms with Gasteiger partial charge in [-0.1, -0.05) is 76.1 Å². The van der Waals surface area contributed by atoms with Crippen LogP contribution in [0.3, 0.4) is 0 Å². The maximum Gasteiger partial charge on any atom is 0.487 e. The van der Waals surface area contributed by atoms with Gasteiger partial charge in [-0.05, 0) is 56.6 Å². The second-order valence-electron chi connectivity index (χ2n) is 10.5. The quantitative estimate of drug-likeness (QED) is 0.222. The predicted molar refractivity (Wildman–Crippen MR) is 128 cm³/mol. The van der Waals surface area contributed by atoms with Crippen molar-refractivity contribution in [1.29, 1.82) is 0 Å². The fraction of sp³-hybridized carbons (Fsp3) is 0.556. The molecule has 0 heterocycles. The van der Waals surface area contributed by atoms with Crippen LogP contribution in [0.2, 0.25) is 0 Å². The van der Waals surface area contributed by atoms with E-state index in [0.29, 0.717) is 5.57 Å². The first-order chi connectivity index (χ1) is 14.9. The molecule has 3 nitrogen and oxygen atoms in total. The first-order valence-electron chi connectivity index (χ1n) is 11.3. The topological polar surface area (TPSA) is 37.4 Å². The number of hydrogen-bond donors (Lipinski definition) is 0. The average Bonchev–Trinajstić information content (AvgIpc) is 2.62. The number of ketones is 1. The van der Waals surface area contributed by atoms with Crippen LogP contribution in [0, 0.1) is 10.8 Å². The molecule has 0 saturated heterocycles. The Balaban J connectivity index is 2.92. The van der Waals surface area contributed by atoms with Gasteiger partial charge in [-0.25, -0.2) is 4.90 Å². The van der Waals surface area contributed by atoms with Gasteiger partial charge in [-0.3, -0.25) is 9.59 Å². The molecule has 0 aromatic rings. The second-order valence-corrected chi connectivity index (χ2v) is 10.5. The number of rotatable bonds is 7. The van der Waals surface area contributed by atoms with Gasteiger partial charge in [0.1, 0.15) is 0 Å². The first kappa shape index (κ1) is 28.7. The highest BCUT2D eigenvalue weighted by Gasteiger charge is 2.42. The monoisotopic (exact) mass is 465 g/mol. The van der Waals surface area contributed by atoms with Crippen molar-refractivity contribution in [3.8, 4) is 0 Å². The Labute approximate surface area is 196 Å². The highest BCUT2D eigenvalue weighted by Crippen LogP contribution is 2.40. The van der Waals surface area contributed by atoms with E-state index in [4.69, 9.17) is 0 Å². The molecule has 0 unspecified atom stereocenters. The van der Waals surface area contributed by atoms with Gasteiger partial charge in [0.25, 0.3) is 5.91 Å². The Morgan fingerprint density at radius 1 is 1.06 bits per heavy atom. The number of carbonyl (C=O) groups excluding carboxylic acids is 2. The van der Waals surface area contributed by atoms with Gasteiger partial charge >= 0.3 is 6.30 Å². The van der Waals surface area contributed by atoms with Gasteiger partial charge in [0.05, 0.1) is 6.54 Å². The smallest absolute Gasteiger partial charge is 0.297 e. The van der Waals surface area contributed by atoms with Crippen molar-refractivity contribution in [2.75, 3.05) is 6.54 Å². The van der Waals surface area contributed by atoms with Crippen molar-refractivity contribution in [2.45, 2.75) is 81.0 Å².